The molecule has 1 aliphatic heterocycles. The summed E-state index contributed by atoms with van der Waals surface area (Å²) in [5.74, 6) is 0.136. The van der Waals surface area contributed by atoms with Gasteiger partial charge in [0.1, 0.15) is 4.83 Å². The molecule has 1 fully saturated rings. The van der Waals surface area contributed by atoms with Crippen molar-refractivity contribution < 1.29 is 9.59 Å². The molecule has 1 aliphatic rings. The maximum Gasteiger partial charge on any atom is 0.263 e. The minimum atomic E-state index is -0.00409. The van der Waals surface area contributed by atoms with Crippen LogP contribution in [0.4, 0.5) is 0 Å². The second kappa shape index (κ2) is 7.67. The molecule has 0 unspecified atom stereocenters. The van der Waals surface area contributed by atoms with E-state index in [-0.39, 0.29) is 17.7 Å². The summed E-state index contributed by atoms with van der Waals surface area (Å²) in [4.78, 5) is 39.3. The Bertz CT molecular complexity index is 1020. The second-order valence-electron chi connectivity index (χ2n) is 7.23. The zero-order chi connectivity index (χ0) is 19.7. The summed E-state index contributed by atoms with van der Waals surface area (Å²) < 4.78 is 0. The van der Waals surface area contributed by atoms with Crippen LogP contribution < -0.4 is 0 Å². The average Bonchev–Trinajstić information content (AvgIpc) is 3.12. The second-order valence-corrected chi connectivity index (χ2v) is 8.23. The first kappa shape index (κ1) is 18.6. The van der Waals surface area contributed by atoms with E-state index in [1.165, 1.54) is 11.3 Å². The number of amides is 2. The van der Waals surface area contributed by atoms with Crippen molar-refractivity contribution in [2.24, 2.45) is 0 Å². The molecule has 6 nitrogen and oxygen atoms in total. The summed E-state index contributed by atoms with van der Waals surface area (Å²) in [5, 5.41) is 1.03. The third-order valence-corrected chi connectivity index (χ3v) is 6.27. The fraction of sp³-hybridized carbons (Fsp3) is 0.333. The van der Waals surface area contributed by atoms with Crippen LogP contribution in [0.3, 0.4) is 0 Å². The normalized spacial score (nSPS) is 16.9. The number of pyridine rings is 2. The van der Waals surface area contributed by atoms with Crippen LogP contribution in [0.2, 0.25) is 0 Å². The summed E-state index contributed by atoms with van der Waals surface area (Å²) in [6.07, 6.45) is 6.90. The number of piperidine rings is 1. The lowest BCUT2D eigenvalue weighted by Gasteiger charge is -2.33. The van der Waals surface area contributed by atoms with Crippen molar-refractivity contribution in [3.63, 3.8) is 0 Å². The van der Waals surface area contributed by atoms with E-state index in [9.17, 15) is 9.59 Å². The molecule has 28 heavy (non-hydrogen) atoms. The summed E-state index contributed by atoms with van der Waals surface area (Å²) in [6.45, 7) is 1.34. The fourth-order valence-electron chi connectivity index (χ4n) is 3.79. The van der Waals surface area contributed by atoms with Crippen LogP contribution in [0.15, 0.2) is 42.9 Å². The van der Waals surface area contributed by atoms with Gasteiger partial charge in [0.2, 0.25) is 0 Å². The van der Waals surface area contributed by atoms with Crippen molar-refractivity contribution >= 4 is 33.4 Å². The highest BCUT2D eigenvalue weighted by atomic mass is 32.1. The smallest absolute Gasteiger partial charge is 0.263 e. The molecule has 0 N–H and O–H groups in total. The summed E-state index contributed by atoms with van der Waals surface area (Å²) in [7, 11) is 3.54. The van der Waals surface area contributed by atoms with Gasteiger partial charge < -0.3 is 9.80 Å². The molecule has 7 heteroatoms. The van der Waals surface area contributed by atoms with Crippen molar-refractivity contribution in [1.29, 1.82) is 0 Å². The van der Waals surface area contributed by atoms with E-state index in [4.69, 9.17) is 0 Å². The molecule has 0 aromatic carbocycles. The molecule has 1 saturated heterocycles. The Labute approximate surface area is 167 Å². The Morgan fingerprint density at radius 1 is 1.18 bits per heavy atom. The van der Waals surface area contributed by atoms with Gasteiger partial charge >= 0.3 is 0 Å². The first-order valence-corrected chi connectivity index (χ1v) is 10.2. The first-order valence-electron chi connectivity index (χ1n) is 9.34. The van der Waals surface area contributed by atoms with Crippen molar-refractivity contribution in [2.75, 3.05) is 27.2 Å². The van der Waals surface area contributed by atoms with Gasteiger partial charge in [-0.1, -0.05) is 6.07 Å². The van der Waals surface area contributed by atoms with Crippen LogP contribution in [0.5, 0.6) is 0 Å². The van der Waals surface area contributed by atoms with Crippen molar-refractivity contribution in [3.8, 4) is 0 Å². The van der Waals surface area contributed by atoms with Gasteiger partial charge in [0.25, 0.3) is 11.8 Å². The number of hydrogen-bond acceptors (Lipinski definition) is 5. The summed E-state index contributed by atoms with van der Waals surface area (Å²) in [6, 6.07) is 7.43. The minimum absolute atomic E-state index is 0.00409. The van der Waals surface area contributed by atoms with Crippen molar-refractivity contribution in [1.82, 2.24) is 19.8 Å². The number of carbonyl (C=O) groups is 2. The number of fused-ring (bicyclic) bond motifs is 1. The Hall–Kier alpha value is -2.80. The number of rotatable bonds is 3. The number of nitrogens with zero attached hydrogens (tertiary/aromatic N) is 4. The van der Waals surface area contributed by atoms with Gasteiger partial charge in [-0.15, -0.1) is 11.3 Å². The monoisotopic (exact) mass is 394 g/mol. The molecular weight excluding hydrogens is 372 g/mol. The molecule has 144 valence electrons. The maximum absolute atomic E-state index is 12.9. The van der Waals surface area contributed by atoms with Gasteiger partial charge in [0.15, 0.2) is 0 Å². The maximum atomic E-state index is 12.9. The molecule has 2 amide bonds. The molecule has 0 spiro atoms. The quantitative estimate of drug-likeness (QED) is 0.683. The highest BCUT2D eigenvalue weighted by molar-refractivity contribution is 7.20. The van der Waals surface area contributed by atoms with E-state index >= 15 is 0 Å². The highest BCUT2D eigenvalue weighted by Crippen LogP contribution is 2.39. The molecule has 4 rings (SSSR count). The van der Waals surface area contributed by atoms with Gasteiger partial charge in [0.05, 0.1) is 4.88 Å². The molecule has 0 radical (unpaired) electrons. The first-order chi connectivity index (χ1) is 13.6. The van der Waals surface area contributed by atoms with E-state index in [1.54, 1.807) is 49.7 Å². The summed E-state index contributed by atoms with van der Waals surface area (Å²) in [5.41, 5.74) is 1.69. The van der Waals surface area contributed by atoms with Gasteiger partial charge in [-0.25, -0.2) is 4.98 Å². The molecular formula is C21H22N4O2S. The molecule has 3 aromatic heterocycles. The molecule has 4 heterocycles. The van der Waals surface area contributed by atoms with Crippen LogP contribution in [0.25, 0.3) is 10.2 Å². The fourth-order valence-corrected chi connectivity index (χ4v) is 5.04. The van der Waals surface area contributed by atoms with Gasteiger partial charge in [-0.3, -0.25) is 14.6 Å². The van der Waals surface area contributed by atoms with Crippen LogP contribution in [0, 0.1) is 0 Å². The third-order valence-electron chi connectivity index (χ3n) is 5.15. The van der Waals surface area contributed by atoms with E-state index in [2.05, 4.69) is 9.97 Å². The van der Waals surface area contributed by atoms with Crippen molar-refractivity contribution in [2.45, 2.75) is 18.8 Å². The largest absolute Gasteiger partial charge is 0.344 e. The summed E-state index contributed by atoms with van der Waals surface area (Å²) >= 11 is 1.45. The number of likely N-dealkylation sites (tertiary alicyclic amines) is 1. The third kappa shape index (κ3) is 3.38. The predicted octanol–water partition coefficient (Wildman–Crippen LogP) is 3.41. The standard InChI is InChI=1S/C21H22N4O2S/c1-24(2)21(27)18-17(16-6-3-9-23-19(16)28-18)15-5-4-12-25(13-15)20(26)14-7-10-22-11-8-14/h3,6-11,15H,4-5,12-13H2,1-2H3/t15-/m1/s1. The lowest BCUT2D eigenvalue weighted by Crippen LogP contribution is -2.39. The van der Waals surface area contributed by atoms with Gasteiger partial charge in [-0.2, -0.15) is 0 Å². The van der Waals surface area contributed by atoms with Gasteiger partial charge in [-0.05, 0) is 36.6 Å². The van der Waals surface area contributed by atoms with E-state index in [0.717, 1.165) is 40.0 Å². The Balaban J connectivity index is 1.70. The van der Waals surface area contributed by atoms with Crippen molar-refractivity contribution in [3.05, 3.63) is 58.9 Å². The minimum Gasteiger partial charge on any atom is -0.344 e. The number of thiophene rings is 1. The number of carbonyl (C=O) groups excluding carboxylic acids is 2. The topological polar surface area (TPSA) is 66.4 Å². The van der Waals surface area contributed by atoms with Gasteiger partial charge in [0, 0.05) is 62.6 Å². The lowest BCUT2D eigenvalue weighted by atomic mass is 9.88. The van der Waals surface area contributed by atoms with E-state index in [1.807, 2.05) is 17.0 Å². The highest BCUT2D eigenvalue weighted by Gasteiger charge is 2.31. The van der Waals surface area contributed by atoms with E-state index in [0.29, 0.717) is 12.1 Å². The molecule has 0 saturated carbocycles. The predicted molar refractivity (Wildman–Crippen MR) is 110 cm³/mol. The average molecular weight is 395 g/mol. The molecule has 1 atom stereocenters. The Morgan fingerprint density at radius 2 is 1.96 bits per heavy atom. The SMILES string of the molecule is CN(C)C(=O)c1sc2ncccc2c1[C@@H]1CCCN(C(=O)c2ccncc2)C1. The van der Waals surface area contributed by atoms with Crippen LogP contribution in [-0.2, 0) is 0 Å². The number of hydrogen-bond donors (Lipinski definition) is 0. The van der Waals surface area contributed by atoms with Crippen LogP contribution in [-0.4, -0.2) is 58.8 Å². The van der Waals surface area contributed by atoms with E-state index < -0.39 is 0 Å². The van der Waals surface area contributed by atoms with Crippen LogP contribution >= 0.6 is 11.3 Å². The number of aromatic nitrogens is 2. The molecule has 0 aliphatic carbocycles. The Kier molecular flexibility index (Phi) is 5.09. The lowest BCUT2D eigenvalue weighted by molar-refractivity contribution is 0.0707. The van der Waals surface area contributed by atoms with Crippen LogP contribution in [0.1, 0.15) is 44.4 Å². The zero-order valence-corrected chi connectivity index (χ0v) is 16.8. The molecule has 0 bridgehead atoms. The zero-order valence-electron chi connectivity index (χ0n) is 16.0. The Morgan fingerprint density at radius 3 is 2.71 bits per heavy atom. The molecule has 3 aromatic rings.